The smallest absolute Gasteiger partial charge is 0.359 e. The van der Waals surface area contributed by atoms with Gasteiger partial charge in [0.25, 0.3) is 0 Å². The zero-order valence-corrected chi connectivity index (χ0v) is 16.8. The Labute approximate surface area is 174 Å². The average Bonchev–Trinajstić information content (AvgIpc) is 3.30. The second-order valence-electron chi connectivity index (χ2n) is 7.01. The summed E-state index contributed by atoms with van der Waals surface area (Å²) in [5.41, 5.74) is 1.80. The van der Waals surface area contributed by atoms with Crippen LogP contribution in [0.5, 0.6) is 0 Å². The van der Waals surface area contributed by atoms with Gasteiger partial charge in [0, 0.05) is 24.7 Å². The summed E-state index contributed by atoms with van der Waals surface area (Å²) in [5.74, 6) is 0.890. The molecule has 0 aliphatic carbocycles. The van der Waals surface area contributed by atoms with Crippen LogP contribution in [-0.4, -0.2) is 37.1 Å². The maximum Gasteiger partial charge on any atom is 0.359 e. The minimum absolute atomic E-state index is 0.157. The van der Waals surface area contributed by atoms with Crippen molar-refractivity contribution in [2.75, 3.05) is 6.61 Å². The molecule has 3 heterocycles. The standard InChI is InChI=1S/C22H22N6O2/c1-2-30-22(29)20-17(15-28(26-20)18-9-5-3-6-10-18)13-16(14-23)21-25-24-19-11-7-4-8-12-27(19)21/h3,5-6,9-10,13,15H,2,4,7-8,11-12H2,1H3/b16-13-. The summed E-state index contributed by atoms with van der Waals surface area (Å²) in [7, 11) is 0. The highest BCUT2D eigenvalue weighted by molar-refractivity contribution is 5.96. The molecule has 152 valence electrons. The third kappa shape index (κ3) is 3.87. The Morgan fingerprint density at radius 1 is 1.23 bits per heavy atom. The van der Waals surface area contributed by atoms with Crippen molar-refractivity contribution in [1.82, 2.24) is 24.5 Å². The molecule has 2 aromatic heterocycles. The van der Waals surface area contributed by atoms with Crippen LogP contribution >= 0.6 is 0 Å². The van der Waals surface area contributed by atoms with Crippen molar-refractivity contribution in [2.45, 2.75) is 39.2 Å². The predicted octanol–water partition coefficient (Wildman–Crippen LogP) is 3.43. The monoisotopic (exact) mass is 402 g/mol. The topological polar surface area (TPSA) is 98.6 Å². The number of fused-ring (bicyclic) bond motifs is 1. The molecule has 30 heavy (non-hydrogen) atoms. The summed E-state index contributed by atoms with van der Waals surface area (Å²) in [4.78, 5) is 12.5. The summed E-state index contributed by atoms with van der Waals surface area (Å²) < 4.78 is 8.79. The van der Waals surface area contributed by atoms with E-state index in [9.17, 15) is 10.1 Å². The van der Waals surface area contributed by atoms with Crippen LogP contribution < -0.4 is 0 Å². The van der Waals surface area contributed by atoms with E-state index in [1.807, 2.05) is 34.9 Å². The summed E-state index contributed by atoms with van der Waals surface area (Å²) >= 11 is 0. The molecule has 4 rings (SSSR count). The van der Waals surface area contributed by atoms with Gasteiger partial charge < -0.3 is 9.30 Å². The van der Waals surface area contributed by atoms with E-state index in [1.165, 1.54) is 0 Å². The SMILES string of the molecule is CCOC(=O)c1nn(-c2ccccc2)cc1/C=C(/C#N)c1nnc2n1CCCCC2. The Kier molecular flexibility index (Phi) is 5.70. The van der Waals surface area contributed by atoms with Crippen LogP contribution in [0.2, 0.25) is 0 Å². The molecule has 0 spiro atoms. The van der Waals surface area contributed by atoms with E-state index in [1.54, 1.807) is 23.9 Å². The van der Waals surface area contributed by atoms with Gasteiger partial charge in [0.1, 0.15) is 11.9 Å². The van der Waals surface area contributed by atoms with E-state index in [0.29, 0.717) is 17.0 Å². The van der Waals surface area contributed by atoms with E-state index in [-0.39, 0.29) is 12.3 Å². The van der Waals surface area contributed by atoms with E-state index >= 15 is 0 Å². The molecule has 1 aromatic carbocycles. The highest BCUT2D eigenvalue weighted by atomic mass is 16.5. The van der Waals surface area contributed by atoms with Crippen LogP contribution in [0, 0.1) is 11.3 Å². The van der Waals surface area contributed by atoms with Crippen LogP contribution in [0.15, 0.2) is 36.5 Å². The average molecular weight is 402 g/mol. The van der Waals surface area contributed by atoms with Crippen molar-refractivity contribution in [3.63, 3.8) is 0 Å². The van der Waals surface area contributed by atoms with E-state index in [0.717, 1.165) is 43.7 Å². The first kappa shape index (κ1) is 19.6. The number of nitriles is 1. The first-order valence-electron chi connectivity index (χ1n) is 10.1. The number of hydrogen-bond donors (Lipinski definition) is 0. The largest absolute Gasteiger partial charge is 0.461 e. The quantitative estimate of drug-likeness (QED) is 0.479. The van der Waals surface area contributed by atoms with Crippen molar-refractivity contribution >= 4 is 17.6 Å². The van der Waals surface area contributed by atoms with Crippen LogP contribution in [0.25, 0.3) is 17.3 Å². The molecule has 1 aliphatic rings. The van der Waals surface area contributed by atoms with Gasteiger partial charge in [-0.1, -0.05) is 24.6 Å². The van der Waals surface area contributed by atoms with Gasteiger partial charge >= 0.3 is 5.97 Å². The first-order valence-corrected chi connectivity index (χ1v) is 10.1. The van der Waals surface area contributed by atoms with E-state index < -0.39 is 5.97 Å². The van der Waals surface area contributed by atoms with Gasteiger partial charge in [0.2, 0.25) is 0 Å². The lowest BCUT2D eigenvalue weighted by Crippen LogP contribution is -2.08. The van der Waals surface area contributed by atoms with Crippen molar-refractivity contribution in [3.05, 3.63) is 59.4 Å². The number of aromatic nitrogens is 5. The molecule has 0 bridgehead atoms. The lowest BCUT2D eigenvalue weighted by Gasteiger charge is -2.05. The Morgan fingerprint density at radius 3 is 2.83 bits per heavy atom. The molecule has 0 N–H and O–H groups in total. The Balaban J connectivity index is 1.79. The molecule has 0 saturated heterocycles. The molecular formula is C22H22N6O2. The molecule has 8 nitrogen and oxygen atoms in total. The molecule has 0 radical (unpaired) electrons. The van der Waals surface area contributed by atoms with Crippen LogP contribution in [0.4, 0.5) is 0 Å². The van der Waals surface area contributed by atoms with Gasteiger partial charge in [-0.2, -0.15) is 10.4 Å². The number of carbonyl (C=O) groups excluding carboxylic acids is 1. The van der Waals surface area contributed by atoms with E-state index in [2.05, 4.69) is 21.4 Å². The van der Waals surface area contributed by atoms with Gasteiger partial charge in [-0.05, 0) is 38.0 Å². The number of carbonyl (C=O) groups is 1. The number of rotatable bonds is 5. The molecule has 0 fully saturated rings. The van der Waals surface area contributed by atoms with Gasteiger partial charge in [0.05, 0.1) is 17.9 Å². The first-order chi connectivity index (χ1) is 14.7. The molecular weight excluding hydrogens is 380 g/mol. The molecule has 3 aromatic rings. The number of ether oxygens (including phenoxy) is 1. The van der Waals surface area contributed by atoms with Crippen molar-refractivity contribution in [3.8, 4) is 11.8 Å². The third-order valence-corrected chi connectivity index (χ3v) is 5.00. The normalized spacial score (nSPS) is 13.9. The van der Waals surface area contributed by atoms with Crippen LogP contribution in [0.3, 0.4) is 0 Å². The van der Waals surface area contributed by atoms with Crippen molar-refractivity contribution in [1.29, 1.82) is 5.26 Å². The Bertz CT molecular complexity index is 1120. The second-order valence-corrected chi connectivity index (χ2v) is 7.01. The predicted molar refractivity (Wildman–Crippen MR) is 111 cm³/mol. The van der Waals surface area contributed by atoms with Gasteiger partial charge in [-0.25, -0.2) is 9.48 Å². The second kappa shape index (κ2) is 8.74. The lowest BCUT2D eigenvalue weighted by molar-refractivity contribution is 0.0518. The van der Waals surface area contributed by atoms with Crippen LogP contribution in [-0.2, 0) is 17.7 Å². The summed E-state index contributed by atoms with van der Waals surface area (Å²) in [6, 6.07) is 11.7. The summed E-state index contributed by atoms with van der Waals surface area (Å²) in [6.45, 7) is 2.77. The molecule has 1 aliphatic heterocycles. The third-order valence-electron chi connectivity index (χ3n) is 5.00. The number of nitrogens with zero attached hydrogens (tertiary/aromatic N) is 6. The Morgan fingerprint density at radius 2 is 2.07 bits per heavy atom. The summed E-state index contributed by atoms with van der Waals surface area (Å²) in [5, 5.41) is 22.8. The fourth-order valence-corrected chi connectivity index (χ4v) is 3.55. The zero-order valence-electron chi connectivity index (χ0n) is 16.8. The number of benzene rings is 1. The number of hydrogen-bond acceptors (Lipinski definition) is 6. The fourth-order valence-electron chi connectivity index (χ4n) is 3.55. The lowest BCUT2D eigenvalue weighted by atomic mass is 10.1. The summed E-state index contributed by atoms with van der Waals surface area (Å²) in [6.07, 6.45) is 7.44. The number of esters is 1. The minimum Gasteiger partial charge on any atom is -0.461 e. The maximum absolute atomic E-state index is 12.5. The highest BCUT2D eigenvalue weighted by Crippen LogP contribution is 2.23. The maximum atomic E-state index is 12.5. The fraction of sp³-hybridized carbons (Fsp3) is 0.318. The zero-order chi connectivity index (χ0) is 20.9. The highest BCUT2D eigenvalue weighted by Gasteiger charge is 2.21. The number of para-hydroxylation sites is 1. The van der Waals surface area contributed by atoms with Crippen molar-refractivity contribution < 1.29 is 9.53 Å². The van der Waals surface area contributed by atoms with Gasteiger partial charge in [-0.15, -0.1) is 10.2 Å². The molecule has 0 saturated carbocycles. The number of aryl methyl sites for hydroxylation is 1. The Hall–Kier alpha value is -3.73. The molecule has 0 unspecified atom stereocenters. The van der Waals surface area contributed by atoms with Gasteiger partial charge in [0.15, 0.2) is 11.5 Å². The number of allylic oxidation sites excluding steroid dienone is 1. The minimum atomic E-state index is -0.532. The van der Waals surface area contributed by atoms with Crippen LogP contribution in [0.1, 0.15) is 53.9 Å². The molecule has 0 amide bonds. The molecule has 0 atom stereocenters. The van der Waals surface area contributed by atoms with Crippen molar-refractivity contribution in [2.24, 2.45) is 0 Å². The van der Waals surface area contributed by atoms with Gasteiger partial charge in [-0.3, -0.25) is 0 Å². The molecule has 8 heteroatoms. The van der Waals surface area contributed by atoms with E-state index in [4.69, 9.17) is 4.74 Å².